The predicted octanol–water partition coefficient (Wildman–Crippen LogP) is 1.72. The Labute approximate surface area is 151 Å². The predicted molar refractivity (Wildman–Crippen MR) is 93.3 cm³/mol. The van der Waals surface area contributed by atoms with Gasteiger partial charge in [-0.1, -0.05) is 0 Å². The van der Waals surface area contributed by atoms with E-state index in [0.29, 0.717) is 48.8 Å². The SMILES string of the molecule is Cc1ccc(C(=O)N2CCN(C(=O)c3ccc4c(c3)OCO4)CC2)cn1. The second kappa shape index (κ2) is 6.67. The quantitative estimate of drug-likeness (QED) is 0.822. The maximum Gasteiger partial charge on any atom is 0.255 e. The molecule has 1 aromatic heterocycles. The maximum absolute atomic E-state index is 12.7. The summed E-state index contributed by atoms with van der Waals surface area (Å²) < 4.78 is 10.6. The third-order valence-corrected chi connectivity index (χ3v) is 4.63. The number of nitrogens with zero attached hydrogens (tertiary/aromatic N) is 3. The molecule has 0 unspecified atom stereocenters. The number of amides is 2. The van der Waals surface area contributed by atoms with E-state index in [-0.39, 0.29) is 18.6 Å². The summed E-state index contributed by atoms with van der Waals surface area (Å²) in [6.45, 7) is 4.07. The third kappa shape index (κ3) is 3.08. The highest BCUT2D eigenvalue weighted by Crippen LogP contribution is 2.32. The molecule has 0 bridgehead atoms. The molecule has 0 N–H and O–H groups in total. The molecule has 1 aromatic carbocycles. The Morgan fingerprint density at radius 1 is 0.885 bits per heavy atom. The number of hydrogen-bond donors (Lipinski definition) is 0. The van der Waals surface area contributed by atoms with Crippen molar-refractivity contribution in [2.24, 2.45) is 0 Å². The van der Waals surface area contributed by atoms with Crippen molar-refractivity contribution in [1.82, 2.24) is 14.8 Å². The number of aryl methyl sites for hydroxylation is 1. The van der Waals surface area contributed by atoms with Crippen molar-refractivity contribution in [2.75, 3.05) is 33.0 Å². The van der Waals surface area contributed by atoms with Gasteiger partial charge in [0.25, 0.3) is 11.8 Å². The summed E-state index contributed by atoms with van der Waals surface area (Å²) in [6, 6.07) is 8.81. The van der Waals surface area contributed by atoms with Gasteiger partial charge in [0.05, 0.1) is 5.56 Å². The van der Waals surface area contributed by atoms with Crippen LogP contribution in [0.2, 0.25) is 0 Å². The van der Waals surface area contributed by atoms with Crippen LogP contribution in [0.15, 0.2) is 36.5 Å². The lowest BCUT2D eigenvalue weighted by Gasteiger charge is -2.34. The lowest BCUT2D eigenvalue weighted by atomic mass is 10.1. The van der Waals surface area contributed by atoms with Gasteiger partial charge in [0.15, 0.2) is 11.5 Å². The number of carbonyl (C=O) groups excluding carboxylic acids is 2. The smallest absolute Gasteiger partial charge is 0.255 e. The second-order valence-electron chi connectivity index (χ2n) is 6.34. The van der Waals surface area contributed by atoms with Crippen LogP contribution in [-0.2, 0) is 0 Å². The van der Waals surface area contributed by atoms with Crippen LogP contribution in [0.4, 0.5) is 0 Å². The molecule has 0 saturated carbocycles. The Bertz CT molecular complexity index is 842. The van der Waals surface area contributed by atoms with Gasteiger partial charge >= 0.3 is 0 Å². The molecule has 2 amide bonds. The molecular weight excluding hydrogens is 334 g/mol. The minimum absolute atomic E-state index is 0.0484. The maximum atomic E-state index is 12.7. The molecule has 0 radical (unpaired) electrons. The van der Waals surface area contributed by atoms with Crippen LogP contribution in [0.5, 0.6) is 11.5 Å². The number of piperazine rings is 1. The summed E-state index contributed by atoms with van der Waals surface area (Å²) in [5.74, 6) is 1.14. The Kier molecular flexibility index (Phi) is 4.20. The molecule has 0 aliphatic carbocycles. The first-order valence-electron chi connectivity index (χ1n) is 8.53. The minimum atomic E-state index is -0.0626. The van der Waals surface area contributed by atoms with Gasteiger partial charge in [0, 0.05) is 43.6 Å². The first kappa shape index (κ1) is 16.4. The van der Waals surface area contributed by atoms with Crippen molar-refractivity contribution < 1.29 is 19.1 Å². The topological polar surface area (TPSA) is 72.0 Å². The molecule has 2 aliphatic heterocycles. The van der Waals surface area contributed by atoms with Crippen LogP contribution >= 0.6 is 0 Å². The number of benzene rings is 1. The monoisotopic (exact) mass is 353 g/mol. The summed E-state index contributed by atoms with van der Waals surface area (Å²) >= 11 is 0. The number of ether oxygens (including phenoxy) is 2. The van der Waals surface area contributed by atoms with Gasteiger partial charge in [-0.15, -0.1) is 0 Å². The highest BCUT2D eigenvalue weighted by atomic mass is 16.7. The standard InChI is InChI=1S/C19H19N3O4/c1-13-2-3-15(11-20-13)19(24)22-8-6-21(7-9-22)18(23)14-4-5-16-17(10-14)26-12-25-16/h2-5,10-11H,6-9,12H2,1H3. The van der Waals surface area contributed by atoms with Crippen LogP contribution in [-0.4, -0.2) is 59.6 Å². The van der Waals surface area contributed by atoms with Crippen molar-refractivity contribution in [3.8, 4) is 11.5 Å². The number of fused-ring (bicyclic) bond motifs is 1. The Morgan fingerprint density at radius 3 is 2.15 bits per heavy atom. The molecule has 0 atom stereocenters. The average Bonchev–Trinajstić information content (AvgIpc) is 3.15. The molecule has 0 spiro atoms. The van der Waals surface area contributed by atoms with E-state index in [4.69, 9.17) is 9.47 Å². The summed E-state index contributed by atoms with van der Waals surface area (Å²) in [7, 11) is 0. The van der Waals surface area contributed by atoms with Crippen LogP contribution in [0.25, 0.3) is 0 Å². The highest BCUT2D eigenvalue weighted by molar-refractivity contribution is 5.96. The van der Waals surface area contributed by atoms with E-state index in [1.54, 1.807) is 40.3 Å². The molecule has 7 nitrogen and oxygen atoms in total. The molecule has 1 saturated heterocycles. The zero-order chi connectivity index (χ0) is 18.1. The van der Waals surface area contributed by atoms with Crippen molar-refractivity contribution in [1.29, 1.82) is 0 Å². The number of carbonyl (C=O) groups is 2. The lowest BCUT2D eigenvalue weighted by Crippen LogP contribution is -2.50. The Hall–Kier alpha value is -3.09. The summed E-state index contributed by atoms with van der Waals surface area (Å²) in [4.78, 5) is 32.9. The van der Waals surface area contributed by atoms with E-state index in [1.165, 1.54) is 0 Å². The van der Waals surface area contributed by atoms with E-state index >= 15 is 0 Å². The van der Waals surface area contributed by atoms with Gasteiger partial charge in [0.2, 0.25) is 6.79 Å². The summed E-state index contributed by atoms with van der Waals surface area (Å²) in [5, 5.41) is 0. The van der Waals surface area contributed by atoms with Crippen molar-refractivity contribution >= 4 is 11.8 Å². The van der Waals surface area contributed by atoms with Crippen molar-refractivity contribution in [3.63, 3.8) is 0 Å². The molecule has 2 aromatic rings. The van der Waals surface area contributed by atoms with E-state index < -0.39 is 0 Å². The zero-order valence-electron chi connectivity index (χ0n) is 14.5. The zero-order valence-corrected chi connectivity index (χ0v) is 14.5. The molecular formula is C19H19N3O4. The van der Waals surface area contributed by atoms with Gasteiger partial charge in [-0.25, -0.2) is 0 Å². The average molecular weight is 353 g/mol. The first-order valence-corrected chi connectivity index (χ1v) is 8.53. The van der Waals surface area contributed by atoms with E-state index in [1.807, 2.05) is 13.0 Å². The van der Waals surface area contributed by atoms with Crippen LogP contribution in [0.3, 0.4) is 0 Å². The van der Waals surface area contributed by atoms with Gasteiger partial charge < -0.3 is 19.3 Å². The van der Waals surface area contributed by atoms with E-state index in [2.05, 4.69) is 4.98 Å². The first-order chi connectivity index (χ1) is 12.6. The summed E-state index contributed by atoms with van der Waals surface area (Å²) in [5.41, 5.74) is 2.02. The van der Waals surface area contributed by atoms with Crippen LogP contribution in [0.1, 0.15) is 26.4 Å². The van der Waals surface area contributed by atoms with Crippen molar-refractivity contribution in [2.45, 2.75) is 6.92 Å². The minimum Gasteiger partial charge on any atom is -0.454 e. The van der Waals surface area contributed by atoms with Gasteiger partial charge in [-0.05, 0) is 37.3 Å². The fourth-order valence-electron chi connectivity index (χ4n) is 3.10. The number of hydrogen-bond acceptors (Lipinski definition) is 5. The fourth-order valence-corrected chi connectivity index (χ4v) is 3.10. The van der Waals surface area contributed by atoms with E-state index in [9.17, 15) is 9.59 Å². The van der Waals surface area contributed by atoms with E-state index in [0.717, 1.165) is 5.69 Å². The molecule has 2 aliphatic rings. The third-order valence-electron chi connectivity index (χ3n) is 4.63. The Morgan fingerprint density at radius 2 is 1.50 bits per heavy atom. The number of aromatic nitrogens is 1. The summed E-state index contributed by atoms with van der Waals surface area (Å²) in [6.07, 6.45) is 1.60. The van der Waals surface area contributed by atoms with Gasteiger partial charge in [-0.2, -0.15) is 0 Å². The molecule has 134 valence electrons. The van der Waals surface area contributed by atoms with Crippen LogP contribution < -0.4 is 9.47 Å². The van der Waals surface area contributed by atoms with Gasteiger partial charge in [-0.3, -0.25) is 14.6 Å². The number of rotatable bonds is 2. The molecule has 7 heteroatoms. The molecule has 26 heavy (non-hydrogen) atoms. The normalized spacial score (nSPS) is 15.9. The van der Waals surface area contributed by atoms with Gasteiger partial charge in [0.1, 0.15) is 0 Å². The molecule has 4 rings (SSSR count). The van der Waals surface area contributed by atoms with Crippen molar-refractivity contribution in [3.05, 3.63) is 53.3 Å². The molecule has 1 fully saturated rings. The second-order valence-corrected chi connectivity index (χ2v) is 6.34. The Balaban J connectivity index is 1.39. The number of pyridine rings is 1. The highest BCUT2D eigenvalue weighted by Gasteiger charge is 2.26. The van der Waals surface area contributed by atoms with Crippen LogP contribution in [0, 0.1) is 6.92 Å². The molecule has 3 heterocycles. The largest absolute Gasteiger partial charge is 0.454 e. The lowest BCUT2D eigenvalue weighted by molar-refractivity contribution is 0.0535. The fraction of sp³-hybridized carbons (Fsp3) is 0.316.